The Hall–Kier alpha value is -2.11. The fourth-order valence-corrected chi connectivity index (χ4v) is 1.96. The van der Waals surface area contributed by atoms with Crippen LogP contribution < -0.4 is 5.32 Å². The van der Waals surface area contributed by atoms with Gasteiger partial charge in [-0.25, -0.2) is 0 Å². The van der Waals surface area contributed by atoms with E-state index in [1.54, 1.807) is 10.9 Å². The monoisotopic (exact) mass is 261 g/mol. The molecule has 0 fully saturated rings. The molecule has 2 aromatic heterocycles. The zero-order valence-corrected chi connectivity index (χ0v) is 11.6. The first-order chi connectivity index (χ1) is 9.04. The van der Waals surface area contributed by atoms with Crippen LogP contribution in [-0.2, 0) is 24.9 Å². The van der Waals surface area contributed by atoms with Crippen molar-refractivity contribution in [3.05, 3.63) is 35.4 Å². The van der Waals surface area contributed by atoms with E-state index in [1.807, 2.05) is 37.8 Å². The molecule has 0 saturated carbocycles. The Bertz CT molecular complexity index is 569. The number of hydrogen-bond acceptors (Lipinski definition) is 3. The minimum atomic E-state index is 0.0245. The van der Waals surface area contributed by atoms with E-state index in [4.69, 9.17) is 0 Å². The normalized spacial score (nSPS) is 10.7. The number of nitrogens with zero attached hydrogens (tertiary/aromatic N) is 4. The summed E-state index contributed by atoms with van der Waals surface area (Å²) < 4.78 is 3.58. The summed E-state index contributed by atoms with van der Waals surface area (Å²) in [6.07, 6.45) is 4.07. The lowest BCUT2D eigenvalue weighted by atomic mass is 10.3. The van der Waals surface area contributed by atoms with E-state index in [2.05, 4.69) is 15.5 Å². The second kappa shape index (κ2) is 5.69. The fraction of sp³-hybridized carbons (Fsp3) is 0.462. The predicted octanol–water partition coefficient (Wildman–Crippen LogP) is 0.940. The summed E-state index contributed by atoms with van der Waals surface area (Å²) in [6, 6.07) is 2.01. The van der Waals surface area contributed by atoms with Crippen LogP contribution in [-0.4, -0.2) is 25.5 Å². The largest absolute Gasteiger partial charge is 0.352 e. The van der Waals surface area contributed by atoms with Crippen molar-refractivity contribution in [2.24, 2.45) is 7.05 Å². The van der Waals surface area contributed by atoms with Crippen LogP contribution >= 0.6 is 0 Å². The van der Waals surface area contributed by atoms with Gasteiger partial charge in [-0.1, -0.05) is 0 Å². The molecule has 0 aliphatic carbocycles. The van der Waals surface area contributed by atoms with Gasteiger partial charge in [-0.3, -0.25) is 14.2 Å². The van der Waals surface area contributed by atoms with Crippen molar-refractivity contribution in [3.63, 3.8) is 0 Å². The maximum Gasteiger partial charge on any atom is 0.222 e. The average Bonchev–Trinajstić information content (AvgIpc) is 2.90. The maximum absolute atomic E-state index is 11.7. The van der Waals surface area contributed by atoms with Crippen molar-refractivity contribution < 1.29 is 4.79 Å². The van der Waals surface area contributed by atoms with Gasteiger partial charge in [-0.15, -0.1) is 0 Å². The highest BCUT2D eigenvalue weighted by atomic mass is 16.1. The van der Waals surface area contributed by atoms with E-state index in [0.29, 0.717) is 19.5 Å². The first-order valence-corrected chi connectivity index (χ1v) is 6.30. The summed E-state index contributed by atoms with van der Waals surface area (Å²) in [4.78, 5) is 11.7. The number of rotatable bonds is 5. The molecule has 19 heavy (non-hydrogen) atoms. The topological polar surface area (TPSA) is 64.7 Å². The third-order valence-corrected chi connectivity index (χ3v) is 2.90. The first-order valence-electron chi connectivity index (χ1n) is 6.30. The zero-order chi connectivity index (χ0) is 13.8. The number of hydrogen-bond donors (Lipinski definition) is 1. The molecule has 0 aromatic carbocycles. The lowest BCUT2D eigenvalue weighted by molar-refractivity contribution is -0.121. The van der Waals surface area contributed by atoms with Crippen LogP contribution in [0.15, 0.2) is 18.5 Å². The Morgan fingerprint density at radius 3 is 2.79 bits per heavy atom. The number of carbonyl (C=O) groups excluding carboxylic acids is 1. The molecule has 0 aliphatic rings. The molecule has 0 saturated heterocycles. The van der Waals surface area contributed by atoms with Gasteiger partial charge in [-0.05, 0) is 19.9 Å². The number of amides is 1. The lowest BCUT2D eigenvalue weighted by Gasteiger charge is -2.05. The third kappa shape index (κ3) is 3.67. The molecule has 0 aliphatic heterocycles. The van der Waals surface area contributed by atoms with Crippen LogP contribution in [0.4, 0.5) is 0 Å². The molecule has 6 heteroatoms. The second-order valence-corrected chi connectivity index (χ2v) is 4.70. The van der Waals surface area contributed by atoms with Crippen molar-refractivity contribution in [2.45, 2.75) is 33.4 Å². The molecule has 2 aromatic rings. The van der Waals surface area contributed by atoms with E-state index in [0.717, 1.165) is 17.0 Å². The Balaban J connectivity index is 1.77. The quantitative estimate of drug-likeness (QED) is 0.871. The van der Waals surface area contributed by atoms with Crippen molar-refractivity contribution >= 4 is 5.91 Å². The molecule has 1 N–H and O–H groups in total. The van der Waals surface area contributed by atoms with Gasteiger partial charge in [0.1, 0.15) is 0 Å². The SMILES string of the molecule is Cc1cc(C)n(CCC(=O)NCc2cnn(C)c2)n1. The second-order valence-electron chi connectivity index (χ2n) is 4.70. The summed E-state index contributed by atoms with van der Waals surface area (Å²) in [5.41, 5.74) is 3.06. The highest BCUT2D eigenvalue weighted by molar-refractivity contribution is 5.75. The number of carbonyl (C=O) groups is 1. The van der Waals surface area contributed by atoms with Crippen molar-refractivity contribution in [2.75, 3.05) is 0 Å². The van der Waals surface area contributed by atoms with Crippen LogP contribution in [0.3, 0.4) is 0 Å². The number of aromatic nitrogens is 4. The smallest absolute Gasteiger partial charge is 0.222 e. The van der Waals surface area contributed by atoms with Crippen molar-refractivity contribution in [1.82, 2.24) is 24.9 Å². The zero-order valence-electron chi connectivity index (χ0n) is 11.6. The minimum absolute atomic E-state index is 0.0245. The molecule has 0 spiro atoms. The van der Waals surface area contributed by atoms with Gasteiger partial charge in [0.05, 0.1) is 11.9 Å². The van der Waals surface area contributed by atoms with Gasteiger partial charge in [0.2, 0.25) is 5.91 Å². The van der Waals surface area contributed by atoms with E-state index in [9.17, 15) is 4.79 Å². The molecule has 0 unspecified atom stereocenters. The standard InChI is InChI=1S/C13H19N5O/c1-10-6-11(2)18(16-10)5-4-13(19)14-7-12-8-15-17(3)9-12/h6,8-9H,4-5,7H2,1-3H3,(H,14,19). The van der Waals surface area contributed by atoms with E-state index in [1.165, 1.54) is 0 Å². The van der Waals surface area contributed by atoms with E-state index in [-0.39, 0.29) is 5.91 Å². The van der Waals surface area contributed by atoms with Gasteiger partial charge in [0, 0.05) is 44.0 Å². The molecular weight excluding hydrogens is 242 g/mol. The van der Waals surface area contributed by atoms with Crippen LogP contribution in [0.1, 0.15) is 23.4 Å². The summed E-state index contributed by atoms with van der Waals surface area (Å²) in [5, 5.41) is 11.3. The van der Waals surface area contributed by atoms with Gasteiger partial charge in [0.15, 0.2) is 0 Å². The summed E-state index contributed by atoms with van der Waals surface area (Å²) in [5.74, 6) is 0.0245. The molecule has 6 nitrogen and oxygen atoms in total. The van der Waals surface area contributed by atoms with Gasteiger partial charge >= 0.3 is 0 Å². The first kappa shape index (κ1) is 13.3. The molecule has 2 rings (SSSR count). The van der Waals surface area contributed by atoms with Crippen LogP contribution in [0.25, 0.3) is 0 Å². The molecular formula is C13H19N5O. The molecule has 0 atom stereocenters. The van der Waals surface area contributed by atoms with Gasteiger partial charge in [0.25, 0.3) is 0 Å². The minimum Gasteiger partial charge on any atom is -0.352 e. The fourth-order valence-electron chi connectivity index (χ4n) is 1.96. The van der Waals surface area contributed by atoms with Crippen molar-refractivity contribution in [3.8, 4) is 0 Å². The Morgan fingerprint density at radius 1 is 1.42 bits per heavy atom. The van der Waals surface area contributed by atoms with Crippen LogP contribution in [0.5, 0.6) is 0 Å². The van der Waals surface area contributed by atoms with Crippen LogP contribution in [0, 0.1) is 13.8 Å². The number of nitrogens with one attached hydrogen (secondary N) is 1. The molecule has 0 bridgehead atoms. The Kier molecular flexibility index (Phi) is 3.99. The average molecular weight is 261 g/mol. The molecule has 0 radical (unpaired) electrons. The third-order valence-electron chi connectivity index (χ3n) is 2.90. The molecule has 102 valence electrons. The van der Waals surface area contributed by atoms with E-state index >= 15 is 0 Å². The van der Waals surface area contributed by atoms with Crippen LogP contribution in [0.2, 0.25) is 0 Å². The number of aryl methyl sites for hydroxylation is 4. The summed E-state index contributed by atoms with van der Waals surface area (Å²) in [7, 11) is 1.86. The Labute approximate surface area is 112 Å². The summed E-state index contributed by atoms with van der Waals surface area (Å²) in [6.45, 7) is 5.07. The van der Waals surface area contributed by atoms with E-state index < -0.39 is 0 Å². The van der Waals surface area contributed by atoms with Crippen molar-refractivity contribution in [1.29, 1.82) is 0 Å². The van der Waals surface area contributed by atoms with Gasteiger partial charge < -0.3 is 5.32 Å². The highest BCUT2D eigenvalue weighted by Gasteiger charge is 2.05. The molecule has 2 heterocycles. The highest BCUT2D eigenvalue weighted by Crippen LogP contribution is 2.03. The predicted molar refractivity (Wildman–Crippen MR) is 71.4 cm³/mol. The lowest BCUT2D eigenvalue weighted by Crippen LogP contribution is -2.24. The molecule has 1 amide bonds. The Morgan fingerprint density at radius 2 is 2.21 bits per heavy atom. The van der Waals surface area contributed by atoms with Gasteiger partial charge in [-0.2, -0.15) is 10.2 Å². The maximum atomic E-state index is 11.7. The summed E-state index contributed by atoms with van der Waals surface area (Å²) >= 11 is 0.